The molecule has 1 amide bonds. The normalized spacial score (nSPS) is 12.1. The molecule has 1 unspecified atom stereocenters. The maximum absolute atomic E-state index is 11.1. The van der Waals surface area contributed by atoms with Crippen LogP contribution in [-0.4, -0.2) is 11.9 Å². The van der Waals surface area contributed by atoms with Crippen LogP contribution < -0.4 is 5.32 Å². The third kappa shape index (κ3) is 15.4. The van der Waals surface area contributed by atoms with E-state index in [1.807, 2.05) is 0 Å². The number of unbranched alkanes of at least 4 members (excludes halogenated alkanes) is 11. The molecule has 21 heavy (non-hydrogen) atoms. The molecular formula is C19H37NO. The summed E-state index contributed by atoms with van der Waals surface area (Å²) in [5.41, 5.74) is 0. The van der Waals surface area contributed by atoms with E-state index in [0.717, 1.165) is 6.42 Å². The standard InChI is InChI=1S/C19H37NO/c1-4-6-7-8-9-10-11-12-13-14-15-16-17-18(3)20-19(21)5-2/h5,18H,2,4,6-17H2,1,3H3,(H,20,21). The second kappa shape index (κ2) is 15.6. The van der Waals surface area contributed by atoms with Crippen LogP contribution in [0.3, 0.4) is 0 Å². The van der Waals surface area contributed by atoms with Crippen molar-refractivity contribution in [1.82, 2.24) is 5.32 Å². The van der Waals surface area contributed by atoms with Crippen molar-refractivity contribution in [2.75, 3.05) is 0 Å². The number of carbonyl (C=O) groups is 1. The Morgan fingerprint density at radius 2 is 1.33 bits per heavy atom. The molecule has 0 spiro atoms. The van der Waals surface area contributed by atoms with Crippen molar-refractivity contribution in [2.24, 2.45) is 0 Å². The predicted octanol–water partition coefficient (Wildman–Crippen LogP) is 5.77. The van der Waals surface area contributed by atoms with Crippen molar-refractivity contribution in [1.29, 1.82) is 0 Å². The quantitative estimate of drug-likeness (QED) is 0.301. The minimum atomic E-state index is -0.0542. The van der Waals surface area contributed by atoms with E-state index < -0.39 is 0 Å². The topological polar surface area (TPSA) is 29.1 Å². The van der Waals surface area contributed by atoms with Crippen molar-refractivity contribution in [3.8, 4) is 0 Å². The van der Waals surface area contributed by atoms with E-state index in [9.17, 15) is 4.79 Å². The van der Waals surface area contributed by atoms with Gasteiger partial charge in [0, 0.05) is 6.04 Å². The Morgan fingerprint density at radius 1 is 0.905 bits per heavy atom. The summed E-state index contributed by atoms with van der Waals surface area (Å²) in [6.45, 7) is 7.81. The van der Waals surface area contributed by atoms with Gasteiger partial charge in [0.15, 0.2) is 0 Å². The fraction of sp³-hybridized carbons (Fsp3) is 0.842. The van der Waals surface area contributed by atoms with Gasteiger partial charge in [-0.15, -0.1) is 0 Å². The first kappa shape index (κ1) is 20.2. The van der Waals surface area contributed by atoms with Gasteiger partial charge in [-0.2, -0.15) is 0 Å². The Kier molecular flexibility index (Phi) is 15.0. The lowest BCUT2D eigenvalue weighted by atomic mass is 10.0. The van der Waals surface area contributed by atoms with E-state index in [2.05, 4.69) is 25.7 Å². The molecule has 0 aromatic rings. The molecule has 2 heteroatoms. The molecule has 0 saturated heterocycles. The lowest BCUT2D eigenvalue weighted by Crippen LogP contribution is -2.30. The summed E-state index contributed by atoms with van der Waals surface area (Å²) in [7, 11) is 0. The first-order valence-electron chi connectivity index (χ1n) is 9.13. The molecule has 0 aromatic carbocycles. The second-order valence-corrected chi connectivity index (χ2v) is 6.29. The second-order valence-electron chi connectivity index (χ2n) is 6.29. The first-order valence-corrected chi connectivity index (χ1v) is 9.13. The summed E-state index contributed by atoms with van der Waals surface area (Å²) < 4.78 is 0. The SMILES string of the molecule is C=CC(=O)NC(C)CCCCCCCCCCCCCC. The fourth-order valence-electron chi connectivity index (χ4n) is 2.67. The highest BCUT2D eigenvalue weighted by Crippen LogP contribution is 2.12. The van der Waals surface area contributed by atoms with Crippen molar-refractivity contribution in [3.05, 3.63) is 12.7 Å². The van der Waals surface area contributed by atoms with Crippen molar-refractivity contribution in [3.63, 3.8) is 0 Å². The average molecular weight is 296 g/mol. The van der Waals surface area contributed by atoms with Gasteiger partial charge >= 0.3 is 0 Å². The first-order chi connectivity index (χ1) is 10.2. The van der Waals surface area contributed by atoms with Crippen LogP contribution in [0.5, 0.6) is 0 Å². The van der Waals surface area contributed by atoms with Crippen LogP contribution in [0.25, 0.3) is 0 Å². The Balaban J connectivity index is 3.15. The summed E-state index contributed by atoms with van der Waals surface area (Å²) in [5.74, 6) is -0.0542. The fourth-order valence-corrected chi connectivity index (χ4v) is 2.67. The number of amides is 1. The molecule has 0 aliphatic rings. The Labute approximate surface area is 132 Å². The van der Waals surface area contributed by atoms with Gasteiger partial charge in [0.05, 0.1) is 0 Å². The van der Waals surface area contributed by atoms with E-state index in [-0.39, 0.29) is 11.9 Å². The van der Waals surface area contributed by atoms with Crippen molar-refractivity contribution >= 4 is 5.91 Å². The van der Waals surface area contributed by atoms with Gasteiger partial charge in [-0.05, 0) is 19.4 Å². The Hall–Kier alpha value is -0.790. The molecule has 0 aliphatic carbocycles. The lowest BCUT2D eigenvalue weighted by Gasteiger charge is -2.11. The number of rotatable bonds is 15. The van der Waals surface area contributed by atoms with E-state index >= 15 is 0 Å². The van der Waals surface area contributed by atoms with Gasteiger partial charge in [-0.3, -0.25) is 4.79 Å². The zero-order valence-electron chi connectivity index (χ0n) is 14.5. The summed E-state index contributed by atoms with van der Waals surface area (Å²) in [5, 5.41) is 2.91. The number of carbonyl (C=O) groups excluding carboxylic acids is 1. The number of hydrogen-bond acceptors (Lipinski definition) is 1. The molecular weight excluding hydrogens is 258 g/mol. The molecule has 0 aliphatic heterocycles. The van der Waals surface area contributed by atoms with Crippen LogP contribution in [-0.2, 0) is 4.79 Å². The van der Waals surface area contributed by atoms with Crippen LogP contribution >= 0.6 is 0 Å². The predicted molar refractivity (Wildman–Crippen MR) is 93.5 cm³/mol. The highest BCUT2D eigenvalue weighted by atomic mass is 16.1. The molecule has 0 radical (unpaired) electrons. The van der Waals surface area contributed by atoms with E-state index in [1.165, 1.54) is 83.1 Å². The minimum Gasteiger partial charge on any atom is -0.350 e. The molecule has 2 nitrogen and oxygen atoms in total. The largest absolute Gasteiger partial charge is 0.350 e. The van der Waals surface area contributed by atoms with Gasteiger partial charge in [0.25, 0.3) is 0 Å². The van der Waals surface area contributed by atoms with E-state index in [4.69, 9.17) is 0 Å². The maximum Gasteiger partial charge on any atom is 0.243 e. The maximum atomic E-state index is 11.1. The third-order valence-corrected chi connectivity index (χ3v) is 4.06. The van der Waals surface area contributed by atoms with Crippen molar-refractivity contribution in [2.45, 2.75) is 103 Å². The summed E-state index contributed by atoms with van der Waals surface area (Å²) in [4.78, 5) is 11.1. The molecule has 0 heterocycles. The van der Waals surface area contributed by atoms with Gasteiger partial charge in [0.1, 0.15) is 0 Å². The van der Waals surface area contributed by atoms with Crippen LogP contribution in [0.15, 0.2) is 12.7 Å². The van der Waals surface area contributed by atoms with E-state index in [0.29, 0.717) is 0 Å². The number of hydrogen-bond donors (Lipinski definition) is 1. The highest BCUT2D eigenvalue weighted by Gasteiger charge is 2.03. The summed E-state index contributed by atoms with van der Waals surface area (Å²) >= 11 is 0. The third-order valence-electron chi connectivity index (χ3n) is 4.06. The molecule has 0 saturated carbocycles. The molecule has 0 fully saturated rings. The lowest BCUT2D eigenvalue weighted by molar-refractivity contribution is -0.117. The Bertz CT molecular complexity index is 250. The monoisotopic (exact) mass is 295 g/mol. The summed E-state index contributed by atoms with van der Waals surface area (Å²) in [6, 6.07) is 0.277. The smallest absolute Gasteiger partial charge is 0.243 e. The Morgan fingerprint density at radius 3 is 1.76 bits per heavy atom. The molecule has 0 bridgehead atoms. The van der Waals surface area contributed by atoms with E-state index in [1.54, 1.807) is 0 Å². The minimum absolute atomic E-state index is 0.0542. The highest BCUT2D eigenvalue weighted by molar-refractivity contribution is 5.87. The van der Waals surface area contributed by atoms with Crippen molar-refractivity contribution < 1.29 is 4.79 Å². The van der Waals surface area contributed by atoms with Crippen LogP contribution in [0.1, 0.15) is 97.3 Å². The van der Waals surface area contributed by atoms with Gasteiger partial charge in [-0.1, -0.05) is 90.6 Å². The molecule has 1 atom stereocenters. The molecule has 124 valence electrons. The van der Waals surface area contributed by atoms with Crippen LogP contribution in [0.2, 0.25) is 0 Å². The zero-order chi connectivity index (χ0) is 15.8. The van der Waals surface area contributed by atoms with Gasteiger partial charge < -0.3 is 5.32 Å². The average Bonchev–Trinajstić information content (AvgIpc) is 2.48. The van der Waals surface area contributed by atoms with Crippen LogP contribution in [0.4, 0.5) is 0 Å². The zero-order valence-corrected chi connectivity index (χ0v) is 14.5. The summed E-state index contributed by atoms with van der Waals surface area (Å²) in [6.07, 6.45) is 18.9. The molecule has 0 rings (SSSR count). The van der Waals surface area contributed by atoms with Gasteiger partial charge in [0.2, 0.25) is 5.91 Å². The molecule has 0 aromatic heterocycles. The van der Waals surface area contributed by atoms with Gasteiger partial charge in [-0.25, -0.2) is 0 Å². The van der Waals surface area contributed by atoms with Crippen LogP contribution in [0, 0.1) is 0 Å². The molecule has 1 N–H and O–H groups in total. The number of nitrogens with one attached hydrogen (secondary N) is 1.